The van der Waals surface area contributed by atoms with E-state index in [2.05, 4.69) is 12.2 Å². The van der Waals surface area contributed by atoms with E-state index in [0.29, 0.717) is 23.1 Å². The molecule has 3 N–H and O–H groups in total. The first-order valence-corrected chi connectivity index (χ1v) is 6.86. The first-order chi connectivity index (χ1) is 9.08. The average molecular weight is 283 g/mol. The molecule has 0 radical (unpaired) electrons. The number of benzene rings is 1. The SMILES string of the molecule is CC1CCNCC1OCc1ccc(C(N)=O)cc1Cl. The van der Waals surface area contributed by atoms with Crippen LogP contribution in [0.25, 0.3) is 0 Å². The fourth-order valence-corrected chi connectivity index (χ4v) is 2.43. The van der Waals surface area contributed by atoms with Crippen LogP contribution in [0.2, 0.25) is 5.02 Å². The van der Waals surface area contributed by atoms with E-state index in [1.165, 1.54) is 0 Å². The lowest BCUT2D eigenvalue weighted by Crippen LogP contribution is -2.40. The van der Waals surface area contributed by atoms with Crippen LogP contribution in [-0.2, 0) is 11.3 Å². The third-order valence-corrected chi connectivity index (χ3v) is 3.90. The van der Waals surface area contributed by atoms with Gasteiger partial charge in [0.1, 0.15) is 0 Å². The average Bonchev–Trinajstić information content (AvgIpc) is 2.39. The van der Waals surface area contributed by atoms with Gasteiger partial charge in [-0.1, -0.05) is 24.6 Å². The smallest absolute Gasteiger partial charge is 0.248 e. The molecule has 1 saturated heterocycles. The number of carbonyl (C=O) groups excluding carboxylic acids is 1. The van der Waals surface area contributed by atoms with Crippen LogP contribution < -0.4 is 11.1 Å². The topological polar surface area (TPSA) is 64.3 Å². The van der Waals surface area contributed by atoms with Crippen LogP contribution in [-0.4, -0.2) is 25.1 Å². The van der Waals surface area contributed by atoms with Gasteiger partial charge in [0.05, 0.1) is 12.7 Å². The maximum atomic E-state index is 11.0. The van der Waals surface area contributed by atoms with Crippen LogP contribution >= 0.6 is 11.6 Å². The zero-order valence-electron chi connectivity index (χ0n) is 11.0. The largest absolute Gasteiger partial charge is 0.372 e. The van der Waals surface area contributed by atoms with Gasteiger partial charge in [-0.2, -0.15) is 0 Å². The zero-order chi connectivity index (χ0) is 13.8. The Morgan fingerprint density at radius 3 is 3.00 bits per heavy atom. The molecule has 0 aliphatic carbocycles. The maximum absolute atomic E-state index is 11.0. The molecule has 19 heavy (non-hydrogen) atoms. The number of hydrogen-bond donors (Lipinski definition) is 2. The van der Waals surface area contributed by atoms with E-state index in [9.17, 15) is 4.79 Å². The van der Waals surface area contributed by atoms with E-state index >= 15 is 0 Å². The first kappa shape index (κ1) is 14.3. The van der Waals surface area contributed by atoms with Crippen molar-refractivity contribution in [2.75, 3.05) is 13.1 Å². The van der Waals surface area contributed by atoms with Crippen molar-refractivity contribution >= 4 is 17.5 Å². The van der Waals surface area contributed by atoms with Gasteiger partial charge in [-0.3, -0.25) is 4.79 Å². The lowest BCUT2D eigenvalue weighted by atomic mass is 9.97. The quantitative estimate of drug-likeness (QED) is 0.887. The molecule has 0 aromatic heterocycles. The molecule has 1 fully saturated rings. The van der Waals surface area contributed by atoms with Crippen LogP contribution in [0, 0.1) is 5.92 Å². The van der Waals surface area contributed by atoms with Gasteiger partial charge in [0.2, 0.25) is 5.91 Å². The summed E-state index contributed by atoms with van der Waals surface area (Å²) in [4.78, 5) is 11.0. The van der Waals surface area contributed by atoms with Crippen molar-refractivity contribution in [2.24, 2.45) is 11.7 Å². The summed E-state index contributed by atoms with van der Waals surface area (Å²) in [5.74, 6) is 0.0735. The summed E-state index contributed by atoms with van der Waals surface area (Å²) >= 11 is 6.12. The van der Waals surface area contributed by atoms with Crippen LogP contribution in [0.5, 0.6) is 0 Å². The monoisotopic (exact) mass is 282 g/mol. The fourth-order valence-electron chi connectivity index (χ4n) is 2.20. The lowest BCUT2D eigenvalue weighted by Gasteiger charge is -2.29. The molecule has 1 amide bonds. The Morgan fingerprint density at radius 2 is 2.37 bits per heavy atom. The molecule has 1 aliphatic rings. The summed E-state index contributed by atoms with van der Waals surface area (Å²) in [6, 6.07) is 5.06. The van der Waals surface area contributed by atoms with Crippen molar-refractivity contribution in [1.29, 1.82) is 0 Å². The van der Waals surface area contributed by atoms with E-state index in [0.717, 1.165) is 25.1 Å². The minimum Gasteiger partial charge on any atom is -0.372 e. The molecule has 2 unspecified atom stereocenters. The molecule has 0 bridgehead atoms. The molecule has 1 aromatic carbocycles. The summed E-state index contributed by atoms with van der Waals surface area (Å²) < 4.78 is 5.90. The van der Waals surface area contributed by atoms with Gasteiger partial charge in [-0.15, -0.1) is 0 Å². The van der Waals surface area contributed by atoms with Crippen molar-refractivity contribution < 1.29 is 9.53 Å². The Bertz CT molecular complexity index is 465. The summed E-state index contributed by atoms with van der Waals surface area (Å²) in [6.07, 6.45) is 1.33. The lowest BCUT2D eigenvalue weighted by molar-refractivity contribution is -0.00655. The number of nitrogens with two attached hydrogens (primary N) is 1. The van der Waals surface area contributed by atoms with Gasteiger partial charge in [0, 0.05) is 17.1 Å². The summed E-state index contributed by atoms with van der Waals surface area (Å²) in [7, 11) is 0. The number of carbonyl (C=O) groups is 1. The molecule has 4 nitrogen and oxygen atoms in total. The number of rotatable bonds is 4. The molecule has 1 heterocycles. The normalized spacial score (nSPS) is 23.3. The predicted molar refractivity (Wildman–Crippen MR) is 75.2 cm³/mol. The highest BCUT2D eigenvalue weighted by Gasteiger charge is 2.21. The summed E-state index contributed by atoms with van der Waals surface area (Å²) in [6.45, 7) is 4.57. The van der Waals surface area contributed by atoms with Gasteiger partial charge in [-0.05, 0) is 36.6 Å². The third-order valence-electron chi connectivity index (χ3n) is 3.55. The maximum Gasteiger partial charge on any atom is 0.248 e. The zero-order valence-corrected chi connectivity index (χ0v) is 11.7. The molecule has 1 aromatic rings. The molecular formula is C14H19ClN2O2. The van der Waals surface area contributed by atoms with Gasteiger partial charge >= 0.3 is 0 Å². The number of nitrogens with one attached hydrogen (secondary N) is 1. The number of piperidine rings is 1. The standard InChI is InChI=1S/C14H19ClN2O2/c1-9-4-5-17-7-13(9)19-8-11-3-2-10(14(16)18)6-12(11)15/h2-3,6,9,13,17H,4-5,7-8H2,1H3,(H2,16,18). The van der Waals surface area contributed by atoms with Gasteiger partial charge in [-0.25, -0.2) is 0 Å². The molecule has 104 valence electrons. The van der Waals surface area contributed by atoms with E-state index in [-0.39, 0.29) is 6.10 Å². The second kappa shape index (κ2) is 6.37. The molecule has 0 saturated carbocycles. The van der Waals surface area contributed by atoms with E-state index in [1.807, 2.05) is 0 Å². The Labute approximate surface area is 118 Å². The van der Waals surface area contributed by atoms with Crippen LogP contribution in [0.1, 0.15) is 29.3 Å². The summed E-state index contributed by atoms with van der Waals surface area (Å²) in [5.41, 5.74) is 6.50. The van der Waals surface area contributed by atoms with Crippen molar-refractivity contribution in [3.8, 4) is 0 Å². The number of halogens is 1. The molecule has 5 heteroatoms. The highest BCUT2D eigenvalue weighted by molar-refractivity contribution is 6.31. The number of ether oxygens (including phenoxy) is 1. The van der Waals surface area contributed by atoms with E-state index in [1.54, 1.807) is 18.2 Å². The fraction of sp³-hybridized carbons (Fsp3) is 0.500. The van der Waals surface area contributed by atoms with E-state index < -0.39 is 5.91 Å². The number of amides is 1. The third kappa shape index (κ3) is 3.69. The molecule has 2 rings (SSSR count). The molecule has 2 atom stereocenters. The second-order valence-corrected chi connectivity index (χ2v) is 5.40. The Kier molecular flexibility index (Phi) is 4.80. The van der Waals surface area contributed by atoms with Crippen molar-refractivity contribution in [1.82, 2.24) is 5.32 Å². The molecular weight excluding hydrogens is 264 g/mol. The van der Waals surface area contributed by atoms with Gasteiger partial charge in [0.15, 0.2) is 0 Å². The number of primary amides is 1. The highest BCUT2D eigenvalue weighted by Crippen LogP contribution is 2.21. The highest BCUT2D eigenvalue weighted by atomic mass is 35.5. The van der Waals surface area contributed by atoms with Crippen molar-refractivity contribution in [2.45, 2.75) is 26.1 Å². The van der Waals surface area contributed by atoms with Crippen molar-refractivity contribution in [3.63, 3.8) is 0 Å². The molecule has 1 aliphatic heterocycles. The second-order valence-electron chi connectivity index (χ2n) is 4.99. The van der Waals surface area contributed by atoms with E-state index in [4.69, 9.17) is 22.1 Å². The first-order valence-electron chi connectivity index (χ1n) is 6.48. The van der Waals surface area contributed by atoms with Crippen LogP contribution in [0.4, 0.5) is 0 Å². The van der Waals surface area contributed by atoms with Gasteiger partial charge < -0.3 is 15.8 Å². The Balaban J connectivity index is 1.97. The Hall–Kier alpha value is -1.10. The van der Waals surface area contributed by atoms with Gasteiger partial charge in [0.25, 0.3) is 0 Å². The van der Waals surface area contributed by atoms with Crippen LogP contribution in [0.3, 0.4) is 0 Å². The predicted octanol–water partition coefficient (Wildman–Crippen LogP) is 1.95. The minimum absolute atomic E-state index is 0.209. The summed E-state index contributed by atoms with van der Waals surface area (Å²) in [5, 5.41) is 3.84. The molecule has 0 spiro atoms. The van der Waals surface area contributed by atoms with Crippen LogP contribution in [0.15, 0.2) is 18.2 Å². The Morgan fingerprint density at radius 1 is 1.58 bits per heavy atom. The van der Waals surface area contributed by atoms with Crippen molar-refractivity contribution in [3.05, 3.63) is 34.3 Å². The minimum atomic E-state index is -0.473. The number of hydrogen-bond acceptors (Lipinski definition) is 3.